The zero-order chi connectivity index (χ0) is 13.2. The fourth-order valence-electron chi connectivity index (χ4n) is 2.68. The van der Waals surface area contributed by atoms with Gasteiger partial charge in [0.05, 0.1) is 6.10 Å². The van der Waals surface area contributed by atoms with Crippen LogP contribution in [-0.2, 0) is 4.74 Å². The standard InChI is InChI=1S/C15H32N2O/c1-4-10-16-11-6-8-14(3)17(5-2)13-15-9-7-12-18-15/h14-16H,4-13H2,1-3H3. The quantitative estimate of drug-likeness (QED) is 0.608. The van der Waals surface area contributed by atoms with Crippen LogP contribution in [-0.4, -0.2) is 49.8 Å². The van der Waals surface area contributed by atoms with Crippen molar-refractivity contribution in [2.75, 3.05) is 32.8 Å². The second-order valence-electron chi connectivity index (χ2n) is 5.46. The Balaban J connectivity index is 2.13. The van der Waals surface area contributed by atoms with Crippen LogP contribution in [0.25, 0.3) is 0 Å². The summed E-state index contributed by atoms with van der Waals surface area (Å²) in [5.74, 6) is 0. The van der Waals surface area contributed by atoms with Crippen LogP contribution in [0.15, 0.2) is 0 Å². The largest absolute Gasteiger partial charge is 0.377 e. The molecule has 0 amide bonds. The van der Waals surface area contributed by atoms with Crippen LogP contribution < -0.4 is 5.32 Å². The molecule has 0 aromatic carbocycles. The molecule has 0 aliphatic carbocycles. The summed E-state index contributed by atoms with van der Waals surface area (Å²) in [4.78, 5) is 2.58. The average molecular weight is 256 g/mol. The van der Waals surface area contributed by atoms with E-state index in [4.69, 9.17) is 4.74 Å². The molecule has 3 heteroatoms. The summed E-state index contributed by atoms with van der Waals surface area (Å²) in [6, 6.07) is 0.683. The number of nitrogens with one attached hydrogen (secondary N) is 1. The predicted octanol–water partition coefficient (Wildman–Crippen LogP) is 2.66. The topological polar surface area (TPSA) is 24.5 Å². The van der Waals surface area contributed by atoms with Gasteiger partial charge in [0.1, 0.15) is 0 Å². The van der Waals surface area contributed by atoms with Gasteiger partial charge in [0.15, 0.2) is 0 Å². The minimum Gasteiger partial charge on any atom is -0.377 e. The van der Waals surface area contributed by atoms with Crippen LogP contribution in [0, 0.1) is 0 Å². The van der Waals surface area contributed by atoms with Crippen molar-refractivity contribution in [1.29, 1.82) is 0 Å². The third-order valence-corrected chi connectivity index (χ3v) is 3.89. The van der Waals surface area contributed by atoms with E-state index in [1.54, 1.807) is 0 Å². The molecular formula is C15H32N2O. The minimum absolute atomic E-state index is 0.491. The maximum atomic E-state index is 5.74. The summed E-state index contributed by atoms with van der Waals surface area (Å²) in [5.41, 5.74) is 0. The van der Waals surface area contributed by atoms with E-state index in [0.29, 0.717) is 12.1 Å². The van der Waals surface area contributed by atoms with Gasteiger partial charge in [-0.25, -0.2) is 0 Å². The van der Waals surface area contributed by atoms with Gasteiger partial charge in [0.2, 0.25) is 0 Å². The molecule has 0 aromatic rings. The maximum Gasteiger partial charge on any atom is 0.0702 e. The molecule has 1 rings (SSSR count). The van der Waals surface area contributed by atoms with Gasteiger partial charge in [0, 0.05) is 19.2 Å². The van der Waals surface area contributed by atoms with Gasteiger partial charge in [-0.3, -0.25) is 4.90 Å². The van der Waals surface area contributed by atoms with Crippen LogP contribution in [0.2, 0.25) is 0 Å². The number of hydrogen-bond donors (Lipinski definition) is 1. The van der Waals surface area contributed by atoms with Gasteiger partial charge in [-0.2, -0.15) is 0 Å². The number of rotatable bonds is 10. The average Bonchev–Trinajstić information content (AvgIpc) is 2.88. The lowest BCUT2D eigenvalue weighted by Crippen LogP contribution is -2.39. The molecule has 3 nitrogen and oxygen atoms in total. The maximum absolute atomic E-state index is 5.74. The molecule has 0 saturated carbocycles. The number of nitrogens with zero attached hydrogens (tertiary/aromatic N) is 1. The lowest BCUT2D eigenvalue weighted by molar-refractivity contribution is 0.0602. The number of ether oxygens (including phenoxy) is 1. The fourth-order valence-corrected chi connectivity index (χ4v) is 2.68. The summed E-state index contributed by atoms with van der Waals surface area (Å²) in [5, 5.41) is 3.48. The highest BCUT2D eigenvalue weighted by molar-refractivity contribution is 4.74. The first-order valence-electron chi connectivity index (χ1n) is 7.84. The Bertz CT molecular complexity index is 193. The van der Waals surface area contributed by atoms with E-state index in [1.165, 1.54) is 32.1 Å². The van der Waals surface area contributed by atoms with Crippen LogP contribution >= 0.6 is 0 Å². The first-order valence-corrected chi connectivity index (χ1v) is 7.84. The summed E-state index contributed by atoms with van der Waals surface area (Å²) in [6.45, 7) is 12.4. The summed E-state index contributed by atoms with van der Waals surface area (Å²) in [6.07, 6.45) is 6.79. The third-order valence-electron chi connectivity index (χ3n) is 3.89. The van der Waals surface area contributed by atoms with E-state index in [9.17, 15) is 0 Å². The Labute approximate surface area is 113 Å². The van der Waals surface area contributed by atoms with Gasteiger partial charge in [-0.1, -0.05) is 13.8 Å². The normalized spacial score (nSPS) is 21.7. The third kappa shape index (κ3) is 6.17. The first-order chi connectivity index (χ1) is 8.77. The number of hydrogen-bond acceptors (Lipinski definition) is 3. The molecule has 1 heterocycles. The highest BCUT2D eigenvalue weighted by atomic mass is 16.5. The molecule has 1 aliphatic rings. The van der Waals surface area contributed by atoms with Gasteiger partial charge < -0.3 is 10.1 Å². The Morgan fingerprint density at radius 3 is 2.78 bits per heavy atom. The van der Waals surface area contributed by atoms with E-state index in [1.807, 2.05) is 0 Å². The molecular weight excluding hydrogens is 224 g/mol. The van der Waals surface area contributed by atoms with Crippen molar-refractivity contribution in [2.45, 2.75) is 65.0 Å². The Morgan fingerprint density at radius 2 is 2.17 bits per heavy atom. The second-order valence-corrected chi connectivity index (χ2v) is 5.46. The van der Waals surface area contributed by atoms with Gasteiger partial charge >= 0.3 is 0 Å². The monoisotopic (exact) mass is 256 g/mol. The molecule has 1 aliphatic heterocycles. The van der Waals surface area contributed by atoms with Crippen molar-refractivity contribution >= 4 is 0 Å². The zero-order valence-electron chi connectivity index (χ0n) is 12.6. The van der Waals surface area contributed by atoms with Crippen LogP contribution in [0.4, 0.5) is 0 Å². The Hall–Kier alpha value is -0.120. The molecule has 0 bridgehead atoms. The van der Waals surface area contributed by atoms with E-state index in [-0.39, 0.29) is 0 Å². The minimum atomic E-state index is 0.491. The van der Waals surface area contributed by atoms with E-state index in [0.717, 1.165) is 32.8 Å². The predicted molar refractivity (Wildman–Crippen MR) is 78.1 cm³/mol. The molecule has 0 aromatic heterocycles. The van der Waals surface area contributed by atoms with Crippen molar-refractivity contribution in [3.8, 4) is 0 Å². The summed E-state index contributed by atoms with van der Waals surface area (Å²) in [7, 11) is 0. The Morgan fingerprint density at radius 1 is 1.33 bits per heavy atom. The first kappa shape index (κ1) is 15.9. The highest BCUT2D eigenvalue weighted by Crippen LogP contribution is 2.16. The van der Waals surface area contributed by atoms with Crippen LogP contribution in [0.3, 0.4) is 0 Å². The summed E-state index contributed by atoms with van der Waals surface area (Å²) < 4.78 is 5.74. The lowest BCUT2D eigenvalue weighted by Gasteiger charge is -2.30. The van der Waals surface area contributed by atoms with Gasteiger partial charge in [0.25, 0.3) is 0 Å². The van der Waals surface area contributed by atoms with E-state index in [2.05, 4.69) is 31.0 Å². The van der Waals surface area contributed by atoms with Gasteiger partial charge in [-0.05, 0) is 58.7 Å². The number of likely N-dealkylation sites (N-methyl/N-ethyl adjacent to an activating group) is 1. The molecule has 1 fully saturated rings. The molecule has 1 N–H and O–H groups in total. The molecule has 2 unspecified atom stereocenters. The molecule has 2 atom stereocenters. The van der Waals surface area contributed by atoms with Crippen LogP contribution in [0.1, 0.15) is 52.9 Å². The van der Waals surface area contributed by atoms with Crippen molar-refractivity contribution in [2.24, 2.45) is 0 Å². The molecule has 0 spiro atoms. The lowest BCUT2D eigenvalue weighted by atomic mass is 10.1. The second kappa shape index (κ2) is 9.76. The smallest absolute Gasteiger partial charge is 0.0702 e. The van der Waals surface area contributed by atoms with E-state index < -0.39 is 0 Å². The molecule has 1 saturated heterocycles. The van der Waals surface area contributed by atoms with E-state index >= 15 is 0 Å². The molecule has 108 valence electrons. The van der Waals surface area contributed by atoms with Crippen molar-refractivity contribution in [1.82, 2.24) is 10.2 Å². The van der Waals surface area contributed by atoms with Crippen LogP contribution in [0.5, 0.6) is 0 Å². The molecule has 0 radical (unpaired) electrons. The molecule has 18 heavy (non-hydrogen) atoms. The highest BCUT2D eigenvalue weighted by Gasteiger charge is 2.21. The summed E-state index contributed by atoms with van der Waals surface area (Å²) >= 11 is 0. The SMILES string of the molecule is CCCNCCCC(C)N(CC)CC1CCCO1. The van der Waals surface area contributed by atoms with Gasteiger partial charge in [-0.15, -0.1) is 0 Å². The fraction of sp³-hybridized carbons (Fsp3) is 1.00. The Kier molecular flexibility index (Phi) is 8.64. The zero-order valence-corrected chi connectivity index (χ0v) is 12.6. The van der Waals surface area contributed by atoms with Crippen molar-refractivity contribution in [3.05, 3.63) is 0 Å². The van der Waals surface area contributed by atoms with Crippen molar-refractivity contribution < 1.29 is 4.74 Å². The van der Waals surface area contributed by atoms with Crippen molar-refractivity contribution in [3.63, 3.8) is 0 Å².